The minimum atomic E-state index is -0.177. The van der Waals surface area contributed by atoms with Gasteiger partial charge in [-0.1, -0.05) is 25.7 Å². The Morgan fingerprint density at radius 1 is 0.611 bits per heavy atom. The summed E-state index contributed by atoms with van der Waals surface area (Å²) in [5, 5.41) is 34.3. The second-order valence-electron chi connectivity index (χ2n) is 4.84. The van der Waals surface area contributed by atoms with Crippen LogP contribution in [0, 0.1) is 0 Å². The lowest BCUT2D eigenvalue weighted by Crippen LogP contribution is -1.98. The van der Waals surface area contributed by atoms with Gasteiger partial charge in [-0.15, -0.1) is 0 Å². The first-order chi connectivity index (χ1) is 8.54. The van der Waals surface area contributed by atoms with Crippen molar-refractivity contribution in [1.29, 1.82) is 0 Å². The minimum absolute atomic E-state index is 0.177. The zero-order chi connectivity index (χ0) is 14.2. The van der Waals surface area contributed by atoms with Gasteiger partial charge in [0.2, 0.25) is 0 Å². The maximum absolute atomic E-state index is 8.79. The summed E-state index contributed by atoms with van der Waals surface area (Å²) in [6.07, 6.45) is 7.21. The third kappa shape index (κ3) is 24.9. The molecule has 2 unspecified atom stereocenters. The molecule has 0 radical (unpaired) electrons. The van der Waals surface area contributed by atoms with Crippen LogP contribution in [-0.2, 0) is 0 Å². The second-order valence-corrected chi connectivity index (χ2v) is 4.84. The van der Waals surface area contributed by atoms with E-state index >= 15 is 0 Å². The molecule has 0 aliphatic rings. The van der Waals surface area contributed by atoms with E-state index < -0.39 is 0 Å². The van der Waals surface area contributed by atoms with Gasteiger partial charge >= 0.3 is 0 Å². The van der Waals surface area contributed by atoms with Crippen LogP contribution in [0.1, 0.15) is 65.2 Å². The first-order valence-corrected chi connectivity index (χ1v) is 7.12. The summed E-state index contributed by atoms with van der Waals surface area (Å²) in [6, 6.07) is 0. The smallest absolute Gasteiger partial charge is 0.0512 e. The van der Waals surface area contributed by atoms with Crippen molar-refractivity contribution >= 4 is 0 Å². The van der Waals surface area contributed by atoms with Crippen molar-refractivity contribution in [3.63, 3.8) is 0 Å². The molecule has 0 rings (SSSR count). The molecule has 4 N–H and O–H groups in total. The first-order valence-electron chi connectivity index (χ1n) is 7.12. The van der Waals surface area contributed by atoms with E-state index in [4.69, 9.17) is 20.4 Å². The van der Waals surface area contributed by atoms with Gasteiger partial charge in [0.05, 0.1) is 12.2 Å². The maximum Gasteiger partial charge on any atom is 0.0512 e. The van der Waals surface area contributed by atoms with Crippen LogP contribution >= 0.6 is 0 Å². The normalized spacial score (nSPS) is 13.7. The van der Waals surface area contributed by atoms with Crippen LogP contribution in [0.3, 0.4) is 0 Å². The largest absolute Gasteiger partial charge is 0.396 e. The lowest BCUT2D eigenvalue weighted by atomic mass is 10.1. The first kappa shape index (κ1) is 20.2. The molecular formula is C14H32O4. The zero-order valence-electron chi connectivity index (χ0n) is 12.0. The predicted molar refractivity (Wildman–Crippen MR) is 74.5 cm³/mol. The summed E-state index contributed by atoms with van der Waals surface area (Å²) in [7, 11) is 0. The fraction of sp³-hybridized carbons (Fsp3) is 1.00. The Balaban J connectivity index is 0. The molecule has 112 valence electrons. The van der Waals surface area contributed by atoms with Crippen molar-refractivity contribution in [2.45, 2.75) is 77.4 Å². The zero-order valence-corrected chi connectivity index (χ0v) is 12.0. The average Bonchev–Trinajstić information content (AvgIpc) is 2.31. The molecule has 0 amide bonds. The average molecular weight is 264 g/mol. The number of aliphatic hydroxyl groups excluding tert-OH is 4. The van der Waals surface area contributed by atoms with Gasteiger partial charge in [0.15, 0.2) is 0 Å². The maximum atomic E-state index is 8.79. The molecule has 18 heavy (non-hydrogen) atoms. The highest BCUT2D eigenvalue weighted by atomic mass is 16.3. The van der Waals surface area contributed by atoms with Crippen LogP contribution in [0.5, 0.6) is 0 Å². The molecule has 0 saturated heterocycles. The topological polar surface area (TPSA) is 80.9 Å². The lowest BCUT2D eigenvalue weighted by Gasteiger charge is -2.01. The molecule has 0 aromatic rings. The Labute approximate surface area is 112 Å². The number of hydrogen-bond acceptors (Lipinski definition) is 4. The Hall–Kier alpha value is -0.160. The van der Waals surface area contributed by atoms with E-state index in [0.717, 1.165) is 51.4 Å². The van der Waals surface area contributed by atoms with Crippen LogP contribution in [0.2, 0.25) is 0 Å². The summed E-state index contributed by atoms with van der Waals surface area (Å²) in [4.78, 5) is 0. The third-order valence-corrected chi connectivity index (χ3v) is 2.56. The Morgan fingerprint density at radius 2 is 0.944 bits per heavy atom. The van der Waals surface area contributed by atoms with Crippen LogP contribution in [0.15, 0.2) is 0 Å². The molecule has 2 atom stereocenters. The van der Waals surface area contributed by atoms with E-state index in [0.29, 0.717) is 0 Å². The van der Waals surface area contributed by atoms with Crippen LogP contribution in [-0.4, -0.2) is 45.8 Å². The van der Waals surface area contributed by atoms with Gasteiger partial charge in [0.25, 0.3) is 0 Å². The van der Waals surface area contributed by atoms with Crippen molar-refractivity contribution < 1.29 is 20.4 Å². The van der Waals surface area contributed by atoms with Crippen molar-refractivity contribution in [2.24, 2.45) is 0 Å². The standard InChI is InChI=1S/2C7H16O2/c2*1-7(9)5-3-2-4-6-8/h2*7-9H,2-6H2,1H3. The van der Waals surface area contributed by atoms with Crippen molar-refractivity contribution in [1.82, 2.24) is 0 Å². The Morgan fingerprint density at radius 3 is 1.17 bits per heavy atom. The minimum Gasteiger partial charge on any atom is -0.396 e. The predicted octanol–water partition coefficient (Wildman–Crippen LogP) is 1.84. The van der Waals surface area contributed by atoms with Crippen LogP contribution in [0.4, 0.5) is 0 Å². The molecule has 0 spiro atoms. The highest BCUT2D eigenvalue weighted by molar-refractivity contribution is 4.48. The number of rotatable bonds is 10. The van der Waals surface area contributed by atoms with Gasteiger partial charge in [-0.05, 0) is 39.5 Å². The summed E-state index contributed by atoms with van der Waals surface area (Å²) in [5.41, 5.74) is 0. The molecular weight excluding hydrogens is 232 g/mol. The molecule has 0 bridgehead atoms. The summed E-state index contributed by atoms with van der Waals surface area (Å²) < 4.78 is 0. The van der Waals surface area contributed by atoms with Gasteiger partial charge in [-0.2, -0.15) is 0 Å². The van der Waals surface area contributed by atoms with Gasteiger partial charge in [0, 0.05) is 13.2 Å². The summed E-state index contributed by atoms with van der Waals surface area (Å²) in [6.45, 7) is 4.14. The Bertz CT molecular complexity index is 122. The number of aliphatic hydroxyl groups is 4. The van der Waals surface area contributed by atoms with Gasteiger partial charge in [0.1, 0.15) is 0 Å². The van der Waals surface area contributed by atoms with E-state index in [1.165, 1.54) is 0 Å². The molecule has 4 heteroatoms. The quantitative estimate of drug-likeness (QED) is 0.454. The van der Waals surface area contributed by atoms with E-state index in [1.807, 2.05) is 0 Å². The van der Waals surface area contributed by atoms with Gasteiger partial charge in [-0.3, -0.25) is 0 Å². The molecule has 0 aromatic heterocycles. The third-order valence-electron chi connectivity index (χ3n) is 2.56. The number of hydrogen-bond donors (Lipinski definition) is 4. The van der Waals surface area contributed by atoms with E-state index in [1.54, 1.807) is 13.8 Å². The SMILES string of the molecule is CC(O)CCCCCO.CC(O)CCCCCO. The monoisotopic (exact) mass is 264 g/mol. The molecule has 0 aliphatic carbocycles. The fourth-order valence-corrected chi connectivity index (χ4v) is 1.46. The fourth-order valence-electron chi connectivity index (χ4n) is 1.46. The highest BCUT2D eigenvalue weighted by Crippen LogP contribution is 2.02. The molecule has 0 aromatic carbocycles. The highest BCUT2D eigenvalue weighted by Gasteiger charge is 1.94. The molecule has 4 nitrogen and oxygen atoms in total. The van der Waals surface area contributed by atoms with E-state index in [9.17, 15) is 0 Å². The Kier molecular flexibility index (Phi) is 18.9. The van der Waals surface area contributed by atoms with Crippen LogP contribution in [0.25, 0.3) is 0 Å². The summed E-state index contributed by atoms with van der Waals surface area (Å²) in [5.74, 6) is 0. The molecule has 0 fully saturated rings. The van der Waals surface area contributed by atoms with Crippen molar-refractivity contribution in [3.8, 4) is 0 Å². The van der Waals surface area contributed by atoms with Crippen molar-refractivity contribution in [3.05, 3.63) is 0 Å². The van der Waals surface area contributed by atoms with Gasteiger partial charge < -0.3 is 20.4 Å². The molecule has 0 saturated carbocycles. The second kappa shape index (κ2) is 16.8. The van der Waals surface area contributed by atoms with Gasteiger partial charge in [-0.25, -0.2) is 0 Å². The number of unbranched alkanes of at least 4 members (excludes halogenated alkanes) is 4. The summed E-state index contributed by atoms with van der Waals surface area (Å²) >= 11 is 0. The molecule has 0 aliphatic heterocycles. The van der Waals surface area contributed by atoms with Crippen LogP contribution < -0.4 is 0 Å². The van der Waals surface area contributed by atoms with E-state index in [-0.39, 0.29) is 25.4 Å². The van der Waals surface area contributed by atoms with Crippen molar-refractivity contribution in [2.75, 3.05) is 13.2 Å². The lowest BCUT2D eigenvalue weighted by molar-refractivity contribution is 0.178. The molecule has 0 heterocycles. The van der Waals surface area contributed by atoms with E-state index in [2.05, 4.69) is 0 Å².